The van der Waals surface area contributed by atoms with E-state index < -0.39 is 35.3 Å². The van der Waals surface area contributed by atoms with Crippen molar-refractivity contribution >= 4 is 29.1 Å². The zero-order valence-corrected chi connectivity index (χ0v) is 17.3. The fraction of sp³-hybridized carbons (Fsp3) is 0.125. The van der Waals surface area contributed by atoms with Crippen LogP contribution in [-0.2, 0) is 20.8 Å². The maximum Gasteiger partial charge on any atom is 0.307 e. The topological polar surface area (TPSA) is 117 Å². The third-order valence-corrected chi connectivity index (χ3v) is 5.24. The van der Waals surface area contributed by atoms with Gasteiger partial charge in [-0.15, -0.1) is 0 Å². The summed E-state index contributed by atoms with van der Waals surface area (Å²) in [5.41, 5.74) is 0.400. The van der Waals surface area contributed by atoms with E-state index in [1.54, 1.807) is 12.1 Å². The summed E-state index contributed by atoms with van der Waals surface area (Å²) in [6, 6.07) is 11.5. The fourth-order valence-electron chi connectivity index (χ4n) is 3.77. The van der Waals surface area contributed by atoms with Crippen LogP contribution in [0.25, 0.3) is 5.76 Å². The molecule has 0 bridgehead atoms. The van der Waals surface area contributed by atoms with Gasteiger partial charge in [-0.2, -0.15) is 0 Å². The summed E-state index contributed by atoms with van der Waals surface area (Å²) in [4.78, 5) is 38.2. The zero-order chi connectivity index (χ0) is 23.7. The zero-order valence-electron chi connectivity index (χ0n) is 17.3. The van der Waals surface area contributed by atoms with Crippen LogP contribution in [0.2, 0.25) is 0 Å². The van der Waals surface area contributed by atoms with E-state index in [1.165, 1.54) is 43.7 Å². The van der Waals surface area contributed by atoms with Gasteiger partial charge in [0.05, 0.1) is 30.9 Å². The fourth-order valence-corrected chi connectivity index (χ4v) is 3.77. The average Bonchev–Trinajstić information content (AvgIpc) is 3.41. The number of halogens is 1. The molecule has 9 heteroatoms. The van der Waals surface area contributed by atoms with Crippen molar-refractivity contribution in [3.63, 3.8) is 0 Å². The van der Waals surface area contributed by atoms with E-state index in [1.807, 2.05) is 0 Å². The van der Waals surface area contributed by atoms with Gasteiger partial charge in [0.25, 0.3) is 11.7 Å². The Morgan fingerprint density at radius 3 is 2.45 bits per heavy atom. The van der Waals surface area contributed by atoms with Crippen molar-refractivity contribution in [3.05, 3.63) is 89.1 Å². The first-order chi connectivity index (χ1) is 15.8. The third-order valence-electron chi connectivity index (χ3n) is 5.24. The van der Waals surface area contributed by atoms with E-state index in [-0.39, 0.29) is 34.8 Å². The lowest BCUT2D eigenvalue weighted by atomic mass is 9.98. The lowest BCUT2D eigenvalue weighted by Crippen LogP contribution is -2.29. The Morgan fingerprint density at radius 1 is 1.12 bits per heavy atom. The van der Waals surface area contributed by atoms with Gasteiger partial charge in [-0.25, -0.2) is 4.39 Å². The van der Waals surface area contributed by atoms with Crippen LogP contribution in [0.1, 0.15) is 22.9 Å². The van der Waals surface area contributed by atoms with E-state index in [0.29, 0.717) is 5.56 Å². The first kappa shape index (κ1) is 21.8. The van der Waals surface area contributed by atoms with E-state index in [0.717, 1.165) is 17.0 Å². The lowest BCUT2D eigenvalue weighted by Gasteiger charge is -2.23. The molecule has 1 aliphatic rings. The number of Topliss-reactive ketones (excluding diaryl/α,β-unsaturated/α-hetero) is 1. The molecule has 168 valence electrons. The Kier molecular flexibility index (Phi) is 5.70. The number of hydrogen-bond donors (Lipinski definition) is 2. The molecule has 33 heavy (non-hydrogen) atoms. The Bertz CT molecular complexity index is 1260. The number of furan rings is 1. The molecule has 1 saturated heterocycles. The molecule has 2 aromatic carbocycles. The molecule has 1 atom stereocenters. The van der Waals surface area contributed by atoms with Crippen molar-refractivity contribution in [2.45, 2.75) is 12.5 Å². The number of aliphatic hydroxyl groups excluding tert-OH is 1. The maximum absolute atomic E-state index is 13.9. The Morgan fingerprint density at radius 2 is 1.85 bits per heavy atom. The maximum atomic E-state index is 13.9. The molecule has 4 rings (SSSR count). The number of rotatable bonds is 6. The Hall–Kier alpha value is -4.40. The summed E-state index contributed by atoms with van der Waals surface area (Å²) in [6.07, 6.45) is 1.15. The second kappa shape index (κ2) is 8.62. The van der Waals surface area contributed by atoms with Crippen LogP contribution in [0.4, 0.5) is 10.1 Å². The number of aliphatic carboxylic acids is 1. The van der Waals surface area contributed by atoms with Crippen LogP contribution in [-0.4, -0.2) is 35.0 Å². The van der Waals surface area contributed by atoms with Crippen LogP contribution in [0.5, 0.6) is 5.75 Å². The minimum Gasteiger partial charge on any atom is -0.507 e. The SMILES string of the molecule is COc1ccc(F)cc1/C(O)=C1/C(=O)C(=O)N(c2ccc(CC(=O)O)cc2)C1c1ccco1. The summed E-state index contributed by atoms with van der Waals surface area (Å²) in [6.45, 7) is 0. The van der Waals surface area contributed by atoms with Gasteiger partial charge in [-0.05, 0) is 48.0 Å². The van der Waals surface area contributed by atoms with Crippen molar-refractivity contribution in [1.29, 1.82) is 0 Å². The van der Waals surface area contributed by atoms with E-state index in [9.17, 15) is 23.9 Å². The standard InChI is InChI=1S/C24H18FNO7/c1-32-17-9-6-14(25)12-16(17)22(29)20-21(18-3-2-10-33-18)26(24(31)23(20)30)15-7-4-13(5-8-15)11-19(27)28/h2-10,12,21,29H,11H2,1H3,(H,27,28)/b22-20-. The summed E-state index contributed by atoms with van der Waals surface area (Å²) in [5, 5.41) is 20.0. The lowest BCUT2D eigenvalue weighted by molar-refractivity contribution is -0.136. The first-order valence-corrected chi connectivity index (χ1v) is 9.81. The van der Waals surface area contributed by atoms with Gasteiger partial charge in [-0.1, -0.05) is 12.1 Å². The number of aliphatic hydroxyl groups is 1. The number of amides is 1. The van der Waals surface area contributed by atoms with Crippen LogP contribution < -0.4 is 9.64 Å². The highest BCUT2D eigenvalue weighted by Crippen LogP contribution is 2.43. The van der Waals surface area contributed by atoms with Gasteiger partial charge >= 0.3 is 5.97 Å². The molecule has 0 spiro atoms. The van der Waals surface area contributed by atoms with Crippen LogP contribution in [0.15, 0.2) is 70.9 Å². The second-order valence-electron chi connectivity index (χ2n) is 7.27. The number of nitrogens with zero attached hydrogens (tertiary/aromatic N) is 1. The van der Waals surface area contributed by atoms with Crippen molar-refractivity contribution < 1.29 is 38.1 Å². The number of hydrogen-bond acceptors (Lipinski definition) is 6. The molecule has 1 fully saturated rings. The van der Waals surface area contributed by atoms with Gasteiger partial charge in [0.2, 0.25) is 0 Å². The van der Waals surface area contributed by atoms with Gasteiger partial charge < -0.3 is 19.4 Å². The number of anilines is 1. The monoisotopic (exact) mass is 451 g/mol. The first-order valence-electron chi connectivity index (χ1n) is 9.81. The molecule has 2 N–H and O–H groups in total. The molecule has 0 aliphatic carbocycles. The van der Waals surface area contributed by atoms with Crippen molar-refractivity contribution in [1.82, 2.24) is 0 Å². The van der Waals surface area contributed by atoms with E-state index in [4.69, 9.17) is 14.3 Å². The summed E-state index contributed by atoms with van der Waals surface area (Å²) < 4.78 is 24.6. The predicted octanol–water partition coefficient (Wildman–Crippen LogP) is 3.68. The summed E-state index contributed by atoms with van der Waals surface area (Å²) >= 11 is 0. The van der Waals surface area contributed by atoms with Crippen molar-refractivity contribution in [2.75, 3.05) is 12.0 Å². The molecular weight excluding hydrogens is 433 g/mol. The van der Waals surface area contributed by atoms with Crippen LogP contribution in [0.3, 0.4) is 0 Å². The highest BCUT2D eigenvalue weighted by molar-refractivity contribution is 6.51. The van der Waals surface area contributed by atoms with Gasteiger partial charge in [0.15, 0.2) is 0 Å². The van der Waals surface area contributed by atoms with E-state index in [2.05, 4.69) is 0 Å². The Labute approximate surface area is 187 Å². The Balaban J connectivity index is 1.88. The molecule has 1 aromatic heterocycles. The third kappa shape index (κ3) is 3.96. The largest absolute Gasteiger partial charge is 0.507 e. The molecule has 1 aliphatic heterocycles. The molecule has 3 aromatic rings. The summed E-state index contributed by atoms with van der Waals surface area (Å²) in [7, 11) is 1.32. The molecule has 0 saturated carbocycles. The van der Waals surface area contributed by atoms with Crippen LogP contribution >= 0.6 is 0 Å². The number of methoxy groups -OCH3 is 1. The highest BCUT2D eigenvalue weighted by Gasteiger charge is 2.48. The number of carbonyl (C=O) groups is 3. The molecule has 1 unspecified atom stereocenters. The van der Waals surface area contributed by atoms with Crippen LogP contribution in [0, 0.1) is 5.82 Å². The minimum atomic E-state index is -1.14. The van der Waals surface area contributed by atoms with Gasteiger partial charge in [0.1, 0.15) is 29.1 Å². The predicted molar refractivity (Wildman–Crippen MR) is 114 cm³/mol. The van der Waals surface area contributed by atoms with Crippen molar-refractivity contribution in [3.8, 4) is 5.75 Å². The number of carboxylic acids is 1. The number of ether oxygens (including phenoxy) is 1. The summed E-state index contributed by atoms with van der Waals surface area (Å²) in [5.74, 6) is -3.92. The second-order valence-corrected chi connectivity index (χ2v) is 7.27. The quantitative estimate of drug-likeness (QED) is 0.334. The molecule has 2 heterocycles. The normalized spacial score (nSPS) is 17.4. The number of ketones is 1. The van der Waals surface area contributed by atoms with Crippen molar-refractivity contribution in [2.24, 2.45) is 0 Å². The van der Waals surface area contributed by atoms with E-state index >= 15 is 0 Å². The molecular formula is C24H18FNO7. The molecule has 1 amide bonds. The number of benzene rings is 2. The number of carbonyl (C=O) groups excluding carboxylic acids is 2. The number of carboxylic acid groups (broad SMARTS) is 1. The highest BCUT2D eigenvalue weighted by atomic mass is 19.1. The average molecular weight is 451 g/mol. The smallest absolute Gasteiger partial charge is 0.307 e. The van der Waals surface area contributed by atoms with Gasteiger partial charge in [0, 0.05) is 5.69 Å². The minimum absolute atomic E-state index is 0.0936. The molecule has 8 nitrogen and oxygen atoms in total. The molecule has 0 radical (unpaired) electrons. The van der Waals surface area contributed by atoms with Gasteiger partial charge in [-0.3, -0.25) is 19.3 Å².